The van der Waals surface area contributed by atoms with E-state index in [9.17, 15) is 4.79 Å². The standard InChI is InChI=1S/C20H26N4O3/c1-3-15-12-14(2)18(27-15)19(25)24-10-11-26-17(13-24)16-6-7-21-20(22-16)23-8-4-5-9-23/h6-7,12,17H,3-5,8-11,13H2,1-2H3/t17-/m1/s1. The molecule has 2 aromatic heterocycles. The summed E-state index contributed by atoms with van der Waals surface area (Å²) in [6.07, 6.45) is 4.67. The Balaban J connectivity index is 1.50. The second-order valence-electron chi connectivity index (χ2n) is 7.16. The molecule has 4 heterocycles. The molecule has 1 atom stereocenters. The zero-order chi connectivity index (χ0) is 18.8. The predicted molar refractivity (Wildman–Crippen MR) is 101 cm³/mol. The molecule has 144 valence electrons. The van der Waals surface area contributed by atoms with Gasteiger partial charge in [0.05, 0.1) is 18.8 Å². The lowest BCUT2D eigenvalue weighted by atomic mass is 10.1. The summed E-state index contributed by atoms with van der Waals surface area (Å²) >= 11 is 0. The highest BCUT2D eigenvalue weighted by Crippen LogP contribution is 2.25. The number of anilines is 1. The third-order valence-corrected chi connectivity index (χ3v) is 5.25. The normalized spacial score (nSPS) is 20.3. The molecule has 0 aromatic carbocycles. The number of carbonyl (C=O) groups is 1. The third kappa shape index (κ3) is 3.69. The summed E-state index contributed by atoms with van der Waals surface area (Å²) in [6, 6.07) is 3.82. The number of hydrogen-bond acceptors (Lipinski definition) is 6. The van der Waals surface area contributed by atoms with Crippen LogP contribution in [0.5, 0.6) is 0 Å². The van der Waals surface area contributed by atoms with E-state index < -0.39 is 0 Å². The fraction of sp³-hybridized carbons (Fsp3) is 0.550. The zero-order valence-electron chi connectivity index (χ0n) is 16.0. The molecule has 4 rings (SSSR count). The molecule has 0 bridgehead atoms. The number of ether oxygens (including phenoxy) is 1. The Morgan fingerprint density at radius 1 is 1.30 bits per heavy atom. The van der Waals surface area contributed by atoms with Gasteiger partial charge in [-0.2, -0.15) is 0 Å². The summed E-state index contributed by atoms with van der Waals surface area (Å²) in [5.74, 6) is 1.96. The molecule has 0 radical (unpaired) electrons. The van der Waals surface area contributed by atoms with Gasteiger partial charge in [-0.3, -0.25) is 4.79 Å². The summed E-state index contributed by atoms with van der Waals surface area (Å²) in [5, 5.41) is 0. The Hall–Kier alpha value is -2.41. The maximum absolute atomic E-state index is 12.9. The van der Waals surface area contributed by atoms with Gasteiger partial charge in [0.25, 0.3) is 5.91 Å². The van der Waals surface area contributed by atoms with E-state index in [-0.39, 0.29) is 12.0 Å². The number of aryl methyl sites for hydroxylation is 2. The average Bonchev–Trinajstić information content (AvgIpc) is 3.37. The molecule has 2 fully saturated rings. The van der Waals surface area contributed by atoms with Gasteiger partial charge in [-0.15, -0.1) is 0 Å². The van der Waals surface area contributed by atoms with Gasteiger partial charge in [0.15, 0.2) is 5.76 Å². The zero-order valence-corrected chi connectivity index (χ0v) is 16.0. The van der Waals surface area contributed by atoms with Gasteiger partial charge in [-0.1, -0.05) is 6.92 Å². The molecule has 0 saturated carbocycles. The van der Waals surface area contributed by atoms with Crippen LogP contribution in [0.15, 0.2) is 22.7 Å². The van der Waals surface area contributed by atoms with Crippen molar-refractivity contribution in [1.82, 2.24) is 14.9 Å². The van der Waals surface area contributed by atoms with Crippen LogP contribution in [0.1, 0.15) is 53.4 Å². The van der Waals surface area contributed by atoms with Crippen molar-refractivity contribution in [3.8, 4) is 0 Å². The van der Waals surface area contributed by atoms with Crippen LogP contribution in [-0.4, -0.2) is 53.6 Å². The van der Waals surface area contributed by atoms with Gasteiger partial charge in [-0.25, -0.2) is 9.97 Å². The number of carbonyl (C=O) groups excluding carboxylic acids is 1. The lowest BCUT2D eigenvalue weighted by Gasteiger charge is -2.32. The maximum Gasteiger partial charge on any atom is 0.290 e. The van der Waals surface area contributed by atoms with Crippen molar-refractivity contribution < 1.29 is 13.9 Å². The van der Waals surface area contributed by atoms with Crippen LogP contribution in [0.3, 0.4) is 0 Å². The monoisotopic (exact) mass is 370 g/mol. The van der Waals surface area contributed by atoms with Gasteiger partial charge in [0.1, 0.15) is 11.9 Å². The minimum atomic E-state index is -0.243. The molecule has 1 amide bonds. The van der Waals surface area contributed by atoms with Crippen molar-refractivity contribution in [2.75, 3.05) is 37.7 Å². The van der Waals surface area contributed by atoms with Gasteiger partial charge in [-0.05, 0) is 31.9 Å². The first-order valence-corrected chi connectivity index (χ1v) is 9.73. The number of aromatic nitrogens is 2. The predicted octanol–water partition coefficient (Wildman–Crippen LogP) is 2.75. The van der Waals surface area contributed by atoms with Crippen molar-refractivity contribution in [2.24, 2.45) is 0 Å². The first kappa shape index (κ1) is 18.0. The molecule has 2 aliphatic heterocycles. The summed E-state index contributed by atoms with van der Waals surface area (Å²) in [5.41, 5.74) is 1.72. The van der Waals surface area contributed by atoms with E-state index in [1.807, 2.05) is 26.0 Å². The van der Waals surface area contributed by atoms with E-state index in [1.54, 1.807) is 11.1 Å². The van der Waals surface area contributed by atoms with Crippen LogP contribution >= 0.6 is 0 Å². The van der Waals surface area contributed by atoms with Crippen molar-refractivity contribution in [3.63, 3.8) is 0 Å². The molecular formula is C20H26N4O3. The molecule has 0 spiro atoms. The molecule has 0 aliphatic carbocycles. The second kappa shape index (κ2) is 7.68. The lowest BCUT2D eigenvalue weighted by molar-refractivity contribution is -0.0257. The number of nitrogens with zero attached hydrogens (tertiary/aromatic N) is 4. The lowest BCUT2D eigenvalue weighted by Crippen LogP contribution is -2.42. The molecule has 0 unspecified atom stereocenters. The molecule has 2 saturated heterocycles. The smallest absolute Gasteiger partial charge is 0.290 e. The van der Waals surface area contributed by atoms with Crippen molar-refractivity contribution >= 4 is 11.9 Å². The van der Waals surface area contributed by atoms with Gasteiger partial charge in [0.2, 0.25) is 5.95 Å². The van der Waals surface area contributed by atoms with Crippen LogP contribution < -0.4 is 4.90 Å². The number of furan rings is 1. The molecule has 2 aromatic rings. The second-order valence-corrected chi connectivity index (χ2v) is 7.16. The number of hydrogen-bond donors (Lipinski definition) is 0. The van der Waals surface area contributed by atoms with Crippen LogP contribution in [0.25, 0.3) is 0 Å². The third-order valence-electron chi connectivity index (χ3n) is 5.25. The average molecular weight is 370 g/mol. The maximum atomic E-state index is 12.9. The van der Waals surface area contributed by atoms with E-state index in [2.05, 4.69) is 9.88 Å². The molecule has 2 aliphatic rings. The van der Waals surface area contributed by atoms with Crippen molar-refractivity contribution in [2.45, 2.75) is 39.2 Å². The van der Waals surface area contributed by atoms with E-state index in [0.29, 0.717) is 25.5 Å². The summed E-state index contributed by atoms with van der Waals surface area (Å²) in [4.78, 5) is 26.1. The van der Waals surface area contributed by atoms with E-state index in [0.717, 1.165) is 42.5 Å². The van der Waals surface area contributed by atoms with Gasteiger partial charge in [0, 0.05) is 37.8 Å². The van der Waals surface area contributed by atoms with E-state index in [1.165, 1.54) is 12.8 Å². The van der Waals surface area contributed by atoms with Crippen LogP contribution in [0, 0.1) is 6.92 Å². The fourth-order valence-electron chi connectivity index (χ4n) is 3.70. The molecule has 7 nitrogen and oxygen atoms in total. The van der Waals surface area contributed by atoms with E-state index in [4.69, 9.17) is 14.1 Å². The first-order valence-electron chi connectivity index (χ1n) is 9.73. The van der Waals surface area contributed by atoms with Crippen molar-refractivity contribution in [3.05, 3.63) is 41.1 Å². The van der Waals surface area contributed by atoms with Crippen LogP contribution in [-0.2, 0) is 11.2 Å². The molecular weight excluding hydrogens is 344 g/mol. The minimum Gasteiger partial charge on any atom is -0.456 e. The Bertz CT molecular complexity index is 813. The highest BCUT2D eigenvalue weighted by Gasteiger charge is 2.30. The topological polar surface area (TPSA) is 71.7 Å². The van der Waals surface area contributed by atoms with Gasteiger partial charge >= 0.3 is 0 Å². The van der Waals surface area contributed by atoms with Crippen LogP contribution in [0.2, 0.25) is 0 Å². The molecule has 27 heavy (non-hydrogen) atoms. The Labute approximate surface area is 159 Å². The Morgan fingerprint density at radius 3 is 2.85 bits per heavy atom. The van der Waals surface area contributed by atoms with Gasteiger partial charge < -0.3 is 19.0 Å². The minimum absolute atomic E-state index is 0.0747. The quantitative estimate of drug-likeness (QED) is 0.824. The summed E-state index contributed by atoms with van der Waals surface area (Å²) in [6.45, 7) is 7.44. The Kier molecular flexibility index (Phi) is 5.11. The van der Waals surface area contributed by atoms with Crippen molar-refractivity contribution in [1.29, 1.82) is 0 Å². The Morgan fingerprint density at radius 2 is 2.11 bits per heavy atom. The van der Waals surface area contributed by atoms with E-state index >= 15 is 0 Å². The SMILES string of the molecule is CCc1cc(C)c(C(=O)N2CCO[C@@H](c3ccnc(N4CCCC4)n3)C2)o1. The first-order chi connectivity index (χ1) is 13.2. The summed E-state index contributed by atoms with van der Waals surface area (Å²) < 4.78 is 11.7. The van der Waals surface area contributed by atoms with Crippen LogP contribution in [0.4, 0.5) is 5.95 Å². The number of morpholine rings is 1. The number of amides is 1. The molecule has 7 heteroatoms. The fourth-order valence-corrected chi connectivity index (χ4v) is 3.70. The number of rotatable bonds is 4. The summed E-state index contributed by atoms with van der Waals surface area (Å²) in [7, 11) is 0. The highest BCUT2D eigenvalue weighted by atomic mass is 16.5. The highest BCUT2D eigenvalue weighted by molar-refractivity contribution is 5.93. The largest absolute Gasteiger partial charge is 0.456 e. The molecule has 0 N–H and O–H groups in total.